The minimum absolute atomic E-state index is 0.102. The van der Waals surface area contributed by atoms with E-state index in [2.05, 4.69) is 15.2 Å². The average molecular weight is 367 g/mol. The van der Waals surface area contributed by atoms with Crippen LogP contribution in [-0.2, 0) is 24.1 Å². The van der Waals surface area contributed by atoms with E-state index >= 15 is 0 Å². The number of aromatic nitrogens is 1. The molecule has 2 aliphatic rings. The van der Waals surface area contributed by atoms with Crippen LogP contribution in [0.1, 0.15) is 41.3 Å². The molecule has 1 aromatic heterocycles. The van der Waals surface area contributed by atoms with Crippen LogP contribution in [0.3, 0.4) is 0 Å². The SMILES string of the molecule is CN=C(NCC1(CO)CCOCC1)N(C)Cc1nc2c(s1)CCCC2. The van der Waals surface area contributed by atoms with Gasteiger partial charge in [-0.3, -0.25) is 4.99 Å². The maximum atomic E-state index is 9.84. The summed E-state index contributed by atoms with van der Waals surface area (Å²) in [5, 5.41) is 14.5. The molecule has 1 fully saturated rings. The van der Waals surface area contributed by atoms with E-state index in [4.69, 9.17) is 9.72 Å². The third kappa shape index (κ3) is 4.51. The Morgan fingerprint density at radius 2 is 2.12 bits per heavy atom. The Labute approximate surface area is 154 Å². The molecule has 0 amide bonds. The van der Waals surface area contributed by atoms with Crippen LogP contribution in [0.2, 0.25) is 0 Å². The minimum Gasteiger partial charge on any atom is -0.396 e. The third-order valence-corrected chi connectivity index (χ3v) is 6.49. The Hall–Kier alpha value is -1.18. The summed E-state index contributed by atoms with van der Waals surface area (Å²) in [7, 11) is 3.85. The zero-order valence-electron chi connectivity index (χ0n) is 15.4. The van der Waals surface area contributed by atoms with Crippen LogP contribution >= 0.6 is 11.3 Å². The predicted octanol–water partition coefficient (Wildman–Crippen LogP) is 1.82. The highest BCUT2D eigenvalue weighted by atomic mass is 32.1. The normalized spacial score (nSPS) is 20.2. The molecule has 0 saturated carbocycles. The van der Waals surface area contributed by atoms with Gasteiger partial charge in [0.1, 0.15) is 5.01 Å². The number of aliphatic hydroxyl groups excluding tert-OH is 1. The van der Waals surface area contributed by atoms with E-state index in [0.717, 1.165) is 51.5 Å². The molecule has 0 spiro atoms. The number of aliphatic imine (C=N–C) groups is 1. The first-order chi connectivity index (χ1) is 12.2. The van der Waals surface area contributed by atoms with E-state index < -0.39 is 0 Å². The van der Waals surface area contributed by atoms with Gasteiger partial charge < -0.3 is 20.1 Å². The molecule has 0 radical (unpaired) electrons. The molecule has 0 atom stereocenters. The smallest absolute Gasteiger partial charge is 0.193 e. The quantitative estimate of drug-likeness (QED) is 0.614. The second-order valence-electron chi connectivity index (χ2n) is 7.21. The molecule has 2 heterocycles. The highest BCUT2D eigenvalue weighted by Crippen LogP contribution is 2.29. The van der Waals surface area contributed by atoms with E-state index in [1.54, 1.807) is 7.05 Å². The Morgan fingerprint density at radius 1 is 1.36 bits per heavy atom. The Balaban J connectivity index is 1.57. The maximum absolute atomic E-state index is 9.84. The number of hydrogen-bond donors (Lipinski definition) is 2. The molecule has 0 aromatic carbocycles. The van der Waals surface area contributed by atoms with Crippen LogP contribution in [0, 0.1) is 5.41 Å². The molecule has 0 unspecified atom stereocenters. The number of aliphatic hydroxyl groups is 1. The highest BCUT2D eigenvalue weighted by Gasteiger charge is 2.32. The van der Waals surface area contributed by atoms with Crippen LogP contribution in [-0.4, -0.2) is 61.4 Å². The zero-order chi connectivity index (χ0) is 17.7. The van der Waals surface area contributed by atoms with Crippen molar-refractivity contribution in [3.63, 3.8) is 0 Å². The van der Waals surface area contributed by atoms with Gasteiger partial charge in [-0.15, -0.1) is 11.3 Å². The van der Waals surface area contributed by atoms with E-state index in [9.17, 15) is 5.11 Å². The third-order valence-electron chi connectivity index (χ3n) is 5.35. The topological polar surface area (TPSA) is 70.0 Å². The monoisotopic (exact) mass is 366 g/mol. The molecule has 6 nitrogen and oxygen atoms in total. The van der Waals surface area contributed by atoms with Gasteiger partial charge in [-0.2, -0.15) is 0 Å². The first-order valence-electron chi connectivity index (χ1n) is 9.24. The average Bonchev–Trinajstić information content (AvgIpc) is 3.05. The van der Waals surface area contributed by atoms with Gasteiger partial charge in [0.15, 0.2) is 5.96 Å². The van der Waals surface area contributed by atoms with Crippen molar-refractivity contribution in [3.8, 4) is 0 Å². The number of nitrogens with one attached hydrogen (secondary N) is 1. The lowest BCUT2D eigenvalue weighted by Crippen LogP contribution is -2.47. The molecule has 1 saturated heterocycles. The van der Waals surface area contributed by atoms with Gasteiger partial charge >= 0.3 is 0 Å². The van der Waals surface area contributed by atoms with Crippen molar-refractivity contribution in [1.29, 1.82) is 0 Å². The van der Waals surface area contributed by atoms with E-state index in [1.807, 2.05) is 18.4 Å². The summed E-state index contributed by atoms with van der Waals surface area (Å²) in [5.74, 6) is 0.854. The van der Waals surface area contributed by atoms with Crippen LogP contribution in [0.25, 0.3) is 0 Å². The fraction of sp³-hybridized carbons (Fsp3) is 0.778. The number of fused-ring (bicyclic) bond motifs is 1. The molecule has 25 heavy (non-hydrogen) atoms. The van der Waals surface area contributed by atoms with Gasteiger partial charge in [-0.25, -0.2) is 4.98 Å². The van der Waals surface area contributed by atoms with Gasteiger partial charge in [0, 0.05) is 44.1 Å². The van der Waals surface area contributed by atoms with Crippen LogP contribution < -0.4 is 5.32 Å². The Bertz CT molecular complexity index is 572. The fourth-order valence-corrected chi connectivity index (χ4v) is 4.81. The summed E-state index contributed by atoms with van der Waals surface area (Å²) in [6.45, 7) is 3.12. The summed E-state index contributed by atoms with van der Waals surface area (Å²) < 4.78 is 5.44. The number of ether oxygens (including phenoxy) is 1. The molecule has 3 rings (SSSR count). The molecule has 2 N–H and O–H groups in total. The van der Waals surface area contributed by atoms with Gasteiger partial charge in [-0.1, -0.05) is 0 Å². The standard InChI is InChI=1S/C18H30N4O2S/c1-19-17(20-12-18(13-23)7-9-24-10-8-18)22(2)11-16-21-14-5-3-4-6-15(14)25-16/h23H,3-13H2,1-2H3,(H,19,20). The summed E-state index contributed by atoms with van der Waals surface area (Å²) in [6, 6.07) is 0. The number of hydrogen-bond acceptors (Lipinski definition) is 5. The van der Waals surface area contributed by atoms with Gasteiger partial charge in [0.2, 0.25) is 0 Å². The molecule has 1 aromatic rings. The first kappa shape index (κ1) is 18.6. The van der Waals surface area contributed by atoms with Crippen molar-refractivity contribution in [2.45, 2.75) is 45.1 Å². The second kappa shape index (κ2) is 8.47. The number of nitrogens with zero attached hydrogens (tertiary/aromatic N) is 3. The van der Waals surface area contributed by atoms with Crippen molar-refractivity contribution in [2.75, 3.05) is 40.5 Å². The van der Waals surface area contributed by atoms with Gasteiger partial charge in [0.25, 0.3) is 0 Å². The zero-order valence-corrected chi connectivity index (χ0v) is 16.2. The largest absolute Gasteiger partial charge is 0.396 e. The molecular formula is C18H30N4O2S. The highest BCUT2D eigenvalue weighted by molar-refractivity contribution is 7.11. The predicted molar refractivity (Wildman–Crippen MR) is 101 cm³/mol. The molecule has 1 aliphatic heterocycles. The summed E-state index contributed by atoms with van der Waals surface area (Å²) in [5.41, 5.74) is 1.21. The maximum Gasteiger partial charge on any atom is 0.193 e. The molecule has 7 heteroatoms. The minimum atomic E-state index is -0.102. The van der Waals surface area contributed by atoms with E-state index in [-0.39, 0.29) is 12.0 Å². The van der Waals surface area contributed by atoms with Crippen LogP contribution in [0.4, 0.5) is 0 Å². The van der Waals surface area contributed by atoms with Crippen molar-refractivity contribution in [2.24, 2.45) is 10.4 Å². The number of aryl methyl sites for hydroxylation is 2. The first-order valence-corrected chi connectivity index (χ1v) is 10.1. The summed E-state index contributed by atoms with van der Waals surface area (Å²) in [6.07, 6.45) is 6.64. The van der Waals surface area contributed by atoms with Gasteiger partial charge in [0.05, 0.1) is 18.8 Å². The lowest BCUT2D eigenvalue weighted by atomic mass is 9.81. The second-order valence-corrected chi connectivity index (χ2v) is 8.38. The van der Waals surface area contributed by atoms with Crippen molar-refractivity contribution in [3.05, 3.63) is 15.6 Å². The van der Waals surface area contributed by atoms with Crippen LogP contribution in [0.15, 0.2) is 4.99 Å². The summed E-state index contributed by atoms with van der Waals surface area (Å²) >= 11 is 1.85. The summed E-state index contributed by atoms with van der Waals surface area (Å²) in [4.78, 5) is 12.8. The molecule has 1 aliphatic carbocycles. The molecule has 0 bridgehead atoms. The lowest BCUT2D eigenvalue weighted by molar-refractivity contribution is -0.0134. The van der Waals surface area contributed by atoms with Crippen LogP contribution in [0.5, 0.6) is 0 Å². The van der Waals surface area contributed by atoms with Gasteiger partial charge in [-0.05, 0) is 38.5 Å². The van der Waals surface area contributed by atoms with Crippen molar-refractivity contribution in [1.82, 2.24) is 15.2 Å². The molecular weight excluding hydrogens is 336 g/mol. The van der Waals surface area contributed by atoms with Crippen molar-refractivity contribution < 1.29 is 9.84 Å². The van der Waals surface area contributed by atoms with Crippen molar-refractivity contribution >= 4 is 17.3 Å². The Morgan fingerprint density at radius 3 is 2.80 bits per heavy atom. The fourth-order valence-electron chi connectivity index (χ4n) is 3.60. The number of rotatable bonds is 5. The number of guanidine groups is 1. The molecule has 140 valence electrons. The van der Waals surface area contributed by atoms with E-state index in [0.29, 0.717) is 0 Å². The van der Waals surface area contributed by atoms with E-state index in [1.165, 1.54) is 34.8 Å². The Kier molecular flexibility index (Phi) is 6.30. The lowest BCUT2D eigenvalue weighted by Gasteiger charge is -2.36. The number of thiazole rings is 1.